The molecule has 0 saturated carbocycles. The maximum absolute atomic E-state index is 11.8. The Morgan fingerprint density at radius 1 is 1.31 bits per heavy atom. The van der Waals surface area contributed by atoms with Crippen LogP contribution in [-0.4, -0.2) is 19.6 Å². The monoisotopic (exact) mass is 229 g/mol. The van der Waals surface area contributed by atoms with Crippen molar-refractivity contribution in [2.75, 3.05) is 13.2 Å². The van der Waals surface area contributed by atoms with Gasteiger partial charge in [-0.3, -0.25) is 0 Å². The lowest BCUT2D eigenvalue weighted by molar-refractivity contribution is 0.0152. The Bertz CT molecular complexity index is 318. The van der Waals surface area contributed by atoms with Gasteiger partial charge in [-0.25, -0.2) is 8.78 Å². The van der Waals surface area contributed by atoms with Crippen LogP contribution in [0.15, 0.2) is 24.3 Å². The van der Waals surface area contributed by atoms with Gasteiger partial charge in [0, 0.05) is 12.6 Å². The minimum absolute atomic E-state index is 0.154. The second-order valence-electron chi connectivity index (χ2n) is 3.72. The summed E-state index contributed by atoms with van der Waals surface area (Å²) in [7, 11) is 0. The molecule has 1 aromatic carbocycles. The number of halogens is 2. The standard InChI is InChI=1S/C12H17F2NO/c1-9-4-2-3-5-10(9)11(15)6-7-16-8-12(13)14/h2-5,11-12H,6-8,15H2,1H3. The normalized spacial score (nSPS) is 13.1. The zero-order valence-corrected chi connectivity index (χ0v) is 9.33. The lowest BCUT2D eigenvalue weighted by atomic mass is 10.00. The number of aryl methyl sites for hydroxylation is 1. The molecule has 4 heteroatoms. The van der Waals surface area contributed by atoms with Gasteiger partial charge in [0.05, 0.1) is 0 Å². The van der Waals surface area contributed by atoms with Crippen molar-refractivity contribution in [1.82, 2.24) is 0 Å². The van der Waals surface area contributed by atoms with Crippen LogP contribution in [0.2, 0.25) is 0 Å². The second-order valence-corrected chi connectivity index (χ2v) is 3.72. The number of benzene rings is 1. The van der Waals surface area contributed by atoms with Gasteiger partial charge in [-0.1, -0.05) is 24.3 Å². The van der Waals surface area contributed by atoms with Gasteiger partial charge in [-0.2, -0.15) is 0 Å². The summed E-state index contributed by atoms with van der Waals surface area (Å²) in [5.74, 6) is 0. The SMILES string of the molecule is Cc1ccccc1C(N)CCOCC(F)F. The molecule has 0 heterocycles. The minimum atomic E-state index is -2.41. The van der Waals surface area contributed by atoms with Gasteiger partial charge in [-0.15, -0.1) is 0 Å². The summed E-state index contributed by atoms with van der Waals surface area (Å²) in [5.41, 5.74) is 8.10. The Morgan fingerprint density at radius 2 is 2.00 bits per heavy atom. The largest absolute Gasteiger partial charge is 0.375 e. The van der Waals surface area contributed by atoms with Crippen LogP contribution in [-0.2, 0) is 4.74 Å². The topological polar surface area (TPSA) is 35.2 Å². The summed E-state index contributed by atoms with van der Waals surface area (Å²) in [6.45, 7) is 1.73. The van der Waals surface area contributed by atoms with E-state index >= 15 is 0 Å². The van der Waals surface area contributed by atoms with Crippen LogP contribution in [0.25, 0.3) is 0 Å². The van der Waals surface area contributed by atoms with E-state index in [0.29, 0.717) is 6.42 Å². The average Bonchev–Trinajstić information content (AvgIpc) is 2.24. The molecule has 0 bridgehead atoms. The highest BCUT2D eigenvalue weighted by molar-refractivity contribution is 5.28. The first-order valence-corrected chi connectivity index (χ1v) is 5.28. The molecule has 1 aromatic rings. The summed E-state index contributed by atoms with van der Waals surface area (Å²) in [5, 5.41) is 0. The first-order valence-electron chi connectivity index (χ1n) is 5.28. The van der Waals surface area contributed by atoms with Gasteiger partial charge in [-0.05, 0) is 24.5 Å². The smallest absolute Gasteiger partial charge is 0.261 e. The number of ether oxygens (including phenoxy) is 1. The number of hydrogen-bond acceptors (Lipinski definition) is 2. The van der Waals surface area contributed by atoms with Crippen molar-refractivity contribution in [3.05, 3.63) is 35.4 Å². The molecule has 1 rings (SSSR count). The van der Waals surface area contributed by atoms with Crippen molar-refractivity contribution in [2.24, 2.45) is 5.73 Å². The average molecular weight is 229 g/mol. The quantitative estimate of drug-likeness (QED) is 0.761. The fourth-order valence-electron chi connectivity index (χ4n) is 1.54. The van der Waals surface area contributed by atoms with E-state index in [4.69, 9.17) is 10.5 Å². The molecule has 0 spiro atoms. The molecule has 0 fully saturated rings. The molecule has 0 aliphatic heterocycles. The van der Waals surface area contributed by atoms with Crippen LogP contribution in [0.3, 0.4) is 0 Å². The lowest BCUT2D eigenvalue weighted by Gasteiger charge is -2.14. The van der Waals surface area contributed by atoms with Gasteiger partial charge >= 0.3 is 0 Å². The Kier molecular flexibility index (Phi) is 5.35. The Labute approximate surface area is 94.4 Å². The van der Waals surface area contributed by atoms with E-state index in [0.717, 1.165) is 11.1 Å². The highest BCUT2D eigenvalue weighted by Crippen LogP contribution is 2.17. The molecule has 90 valence electrons. The van der Waals surface area contributed by atoms with Gasteiger partial charge in [0.2, 0.25) is 0 Å². The first kappa shape index (κ1) is 13.1. The van der Waals surface area contributed by atoms with Crippen LogP contribution < -0.4 is 5.73 Å². The van der Waals surface area contributed by atoms with E-state index in [1.165, 1.54) is 0 Å². The summed E-state index contributed by atoms with van der Waals surface area (Å²) in [6.07, 6.45) is -1.85. The van der Waals surface area contributed by atoms with Crippen LogP contribution >= 0.6 is 0 Å². The molecular formula is C12H17F2NO. The molecule has 0 aliphatic carbocycles. The van der Waals surface area contributed by atoms with E-state index in [1.54, 1.807) is 0 Å². The molecule has 0 aromatic heterocycles. The maximum atomic E-state index is 11.8. The molecule has 1 unspecified atom stereocenters. The Morgan fingerprint density at radius 3 is 2.62 bits per heavy atom. The van der Waals surface area contributed by atoms with E-state index in [2.05, 4.69) is 0 Å². The molecule has 0 radical (unpaired) electrons. The Hall–Kier alpha value is -1.00. The van der Waals surface area contributed by atoms with E-state index in [9.17, 15) is 8.78 Å². The van der Waals surface area contributed by atoms with E-state index in [-0.39, 0.29) is 12.6 Å². The fraction of sp³-hybridized carbons (Fsp3) is 0.500. The van der Waals surface area contributed by atoms with E-state index < -0.39 is 13.0 Å². The maximum Gasteiger partial charge on any atom is 0.261 e. The second kappa shape index (κ2) is 6.55. The van der Waals surface area contributed by atoms with Gasteiger partial charge in [0.15, 0.2) is 0 Å². The van der Waals surface area contributed by atoms with Crippen molar-refractivity contribution < 1.29 is 13.5 Å². The molecule has 1 atom stereocenters. The number of hydrogen-bond donors (Lipinski definition) is 1. The summed E-state index contributed by atoms with van der Waals surface area (Å²) >= 11 is 0. The highest BCUT2D eigenvalue weighted by atomic mass is 19.3. The van der Waals surface area contributed by atoms with Crippen LogP contribution in [0.1, 0.15) is 23.6 Å². The molecule has 16 heavy (non-hydrogen) atoms. The van der Waals surface area contributed by atoms with Crippen molar-refractivity contribution in [3.8, 4) is 0 Å². The third kappa shape index (κ3) is 4.24. The molecule has 0 amide bonds. The fourth-order valence-corrected chi connectivity index (χ4v) is 1.54. The van der Waals surface area contributed by atoms with E-state index in [1.807, 2.05) is 31.2 Å². The third-order valence-electron chi connectivity index (χ3n) is 2.40. The van der Waals surface area contributed by atoms with Gasteiger partial charge in [0.25, 0.3) is 6.43 Å². The Balaban J connectivity index is 2.35. The number of rotatable bonds is 6. The molecule has 0 saturated heterocycles. The lowest BCUT2D eigenvalue weighted by Crippen LogP contribution is -2.15. The van der Waals surface area contributed by atoms with Crippen LogP contribution in [0.5, 0.6) is 0 Å². The number of nitrogens with two attached hydrogens (primary N) is 1. The van der Waals surface area contributed by atoms with Crippen molar-refractivity contribution in [2.45, 2.75) is 25.8 Å². The third-order valence-corrected chi connectivity index (χ3v) is 2.40. The molecule has 2 N–H and O–H groups in total. The predicted molar refractivity (Wildman–Crippen MR) is 59.5 cm³/mol. The summed E-state index contributed by atoms with van der Waals surface area (Å²) in [4.78, 5) is 0. The van der Waals surface area contributed by atoms with Crippen LogP contribution in [0, 0.1) is 6.92 Å². The zero-order valence-electron chi connectivity index (χ0n) is 9.33. The van der Waals surface area contributed by atoms with Crippen molar-refractivity contribution in [3.63, 3.8) is 0 Å². The first-order chi connectivity index (χ1) is 7.61. The van der Waals surface area contributed by atoms with Crippen LogP contribution in [0.4, 0.5) is 8.78 Å². The summed E-state index contributed by atoms with van der Waals surface area (Å²) in [6, 6.07) is 7.64. The van der Waals surface area contributed by atoms with Crippen molar-refractivity contribution >= 4 is 0 Å². The predicted octanol–water partition coefficient (Wildman–Crippen LogP) is 2.67. The van der Waals surface area contributed by atoms with Gasteiger partial charge in [0.1, 0.15) is 6.61 Å². The zero-order chi connectivity index (χ0) is 12.0. The van der Waals surface area contributed by atoms with Crippen molar-refractivity contribution in [1.29, 1.82) is 0 Å². The summed E-state index contributed by atoms with van der Waals surface area (Å²) < 4.78 is 28.4. The molecular weight excluding hydrogens is 212 g/mol. The number of alkyl halides is 2. The van der Waals surface area contributed by atoms with Gasteiger partial charge < -0.3 is 10.5 Å². The minimum Gasteiger partial charge on any atom is -0.375 e. The highest BCUT2D eigenvalue weighted by Gasteiger charge is 2.09. The molecule has 2 nitrogen and oxygen atoms in total. The molecule has 0 aliphatic rings.